The van der Waals surface area contributed by atoms with E-state index in [4.69, 9.17) is 4.74 Å². The largest absolute Gasteiger partial charge is 0.375 e. The zero-order valence-corrected chi connectivity index (χ0v) is 20.2. The molecule has 5 rings (SSSR count). The summed E-state index contributed by atoms with van der Waals surface area (Å²) < 4.78 is 35.0. The van der Waals surface area contributed by atoms with Gasteiger partial charge in [-0.1, -0.05) is 66.7 Å². The van der Waals surface area contributed by atoms with E-state index in [1.165, 1.54) is 3.97 Å². The number of hydrogen-bond donors (Lipinski definition) is 0. The molecule has 0 spiro atoms. The van der Waals surface area contributed by atoms with Crippen LogP contribution in [0, 0.1) is 0 Å². The third-order valence-electron chi connectivity index (χ3n) is 6.49. The normalized spacial score (nSPS) is 17.1. The van der Waals surface area contributed by atoms with Gasteiger partial charge in [-0.15, -0.1) is 0 Å². The fraction of sp³-hybridized carbons (Fsp3) is 0.250. The van der Waals surface area contributed by atoms with E-state index in [0.29, 0.717) is 43.9 Å². The van der Waals surface area contributed by atoms with Crippen LogP contribution in [0.15, 0.2) is 95.9 Å². The van der Waals surface area contributed by atoms with Crippen molar-refractivity contribution < 1.29 is 17.9 Å². The predicted octanol–water partition coefficient (Wildman–Crippen LogP) is 4.80. The van der Waals surface area contributed by atoms with Crippen LogP contribution in [-0.4, -0.2) is 42.8 Å². The number of ether oxygens (including phenoxy) is 1. The van der Waals surface area contributed by atoms with Crippen molar-refractivity contribution in [3.8, 4) is 0 Å². The molecule has 4 aromatic rings. The van der Waals surface area contributed by atoms with E-state index in [2.05, 4.69) is 4.90 Å². The first kappa shape index (κ1) is 23.5. The standard InChI is InChI=1S/C28H28N2O4S/c31-24-15-16-29(17-18-34-21-22-9-3-1-4-10-22)27(20-24)28-19-23-11-7-8-14-26(23)30(28)35(32,33)25-12-5-2-6-13-25/h1-14,19,27H,15-18,20-21H2. The molecule has 0 N–H and O–H groups in total. The Kier molecular flexibility index (Phi) is 6.81. The molecule has 1 saturated heterocycles. The second kappa shape index (κ2) is 10.2. The van der Waals surface area contributed by atoms with E-state index in [-0.39, 0.29) is 23.1 Å². The molecular weight excluding hydrogens is 460 g/mol. The van der Waals surface area contributed by atoms with Crippen LogP contribution in [0.5, 0.6) is 0 Å². The Bertz CT molecular complexity index is 1420. The maximum absolute atomic E-state index is 13.8. The minimum atomic E-state index is -3.86. The van der Waals surface area contributed by atoms with Crippen molar-refractivity contribution in [1.82, 2.24) is 8.87 Å². The van der Waals surface area contributed by atoms with Crippen molar-refractivity contribution in [2.45, 2.75) is 30.4 Å². The first-order valence-electron chi connectivity index (χ1n) is 11.8. The molecule has 1 fully saturated rings. The second-order valence-corrected chi connectivity index (χ2v) is 10.6. The van der Waals surface area contributed by atoms with Gasteiger partial charge >= 0.3 is 0 Å². The Morgan fingerprint density at radius 2 is 1.57 bits per heavy atom. The van der Waals surface area contributed by atoms with Crippen LogP contribution in [0.2, 0.25) is 0 Å². The Morgan fingerprint density at radius 1 is 0.886 bits per heavy atom. The third kappa shape index (κ3) is 4.93. The quantitative estimate of drug-likeness (QED) is 0.333. The van der Waals surface area contributed by atoms with Gasteiger partial charge in [0.15, 0.2) is 0 Å². The molecule has 0 radical (unpaired) electrons. The van der Waals surface area contributed by atoms with Crippen molar-refractivity contribution >= 4 is 26.7 Å². The number of likely N-dealkylation sites (tertiary alicyclic amines) is 1. The van der Waals surface area contributed by atoms with Gasteiger partial charge in [0.2, 0.25) is 0 Å². The number of Topliss-reactive ketones (excluding diaryl/α,β-unsaturated/α-hetero) is 1. The number of nitrogens with zero attached hydrogens (tertiary/aromatic N) is 2. The summed E-state index contributed by atoms with van der Waals surface area (Å²) in [6, 6.07) is 27.5. The molecule has 2 heterocycles. The third-order valence-corrected chi connectivity index (χ3v) is 8.25. The Balaban J connectivity index is 1.47. The molecule has 1 atom stereocenters. The van der Waals surface area contributed by atoms with Crippen molar-refractivity contribution in [3.05, 3.63) is 102 Å². The highest BCUT2D eigenvalue weighted by atomic mass is 32.2. The molecule has 1 unspecified atom stereocenters. The molecule has 7 heteroatoms. The number of benzene rings is 3. The van der Waals surface area contributed by atoms with Gasteiger partial charge in [-0.3, -0.25) is 9.69 Å². The average Bonchev–Trinajstić information content (AvgIpc) is 3.29. The lowest BCUT2D eigenvalue weighted by atomic mass is 9.98. The first-order chi connectivity index (χ1) is 17.0. The number of carbonyl (C=O) groups excluding carboxylic acids is 1. The van der Waals surface area contributed by atoms with Gasteiger partial charge in [0.1, 0.15) is 5.78 Å². The van der Waals surface area contributed by atoms with E-state index in [1.54, 1.807) is 30.3 Å². The minimum absolute atomic E-state index is 0.144. The molecule has 0 amide bonds. The number of rotatable bonds is 8. The van der Waals surface area contributed by atoms with Crippen LogP contribution < -0.4 is 0 Å². The Hall–Kier alpha value is -3.26. The van der Waals surface area contributed by atoms with Crippen molar-refractivity contribution in [2.75, 3.05) is 19.7 Å². The van der Waals surface area contributed by atoms with Gasteiger partial charge in [-0.2, -0.15) is 0 Å². The summed E-state index contributed by atoms with van der Waals surface area (Å²) in [5.74, 6) is 0.144. The molecule has 180 valence electrons. The Morgan fingerprint density at radius 3 is 2.34 bits per heavy atom. The van der Waals surface area contributed by atoms with Crippen LogP contribution in [0.4, 0.5) is 0 Å². The summed E-state index contributed by atoms with van der Waals surface area (Å²) in [7, 11) is -3.86. The van der Waals surface area contributed by atoms with E-state index in [9.17, 15) is 13.2 Å². The van der Waals surface area contributed by atoms with Gasteiger partial charge in [-0.05, 0) is 29.8 Å². The topological polar surface area (TPSA) is 68.6 Å². The molecule has 1 aliphatic rings. The summed E-state index contributed by atoms with van der Waals surface area (Å²) in [4.78, 5) is 14.9. The fourth-order valence-corrected chi connectivity index (χ4v) is 6.31. The molecule has 0 saturated carbocycles. The number of fused-ring (bicyclic) bond motifs is 1. The number of para-hydroxylation sites is 1. The lowest BCUT2D eigenvalue weighted by molar-refractivity contribution is -0.123. The van der Waals surface area contributed by atoms with Gasteiger partial charge in [0.25, 0.3) is 10.0 Å². The first-order valence-corrected chi connectivity index (χ1v) is 13.3. The lowest BCUT2D eigenvalue weighted by Crippen LogP contribution is -2.40. The molecule has 3 aromatic carbocycles. The number of ketones is 1. The molecule has 1 aliphatic heterocycles. The maximum Gasteiger partial charge on any atom is 0.268 e. The zero-order valence-electron chi connectivity index (χ0n) is 19.4. The van der Waals surface area contributed by atoms with Crippen LogP contribution >= 0.6 is 0 Å². The molecule has 1 aromatic heterocycles. The SMILES string of the molecule is O=C1CCN(CCOCc2ccccc2)C(c2cc3ccccc3n2S(=O)(=O)c2ccccc2)C1. The molecule has 35 heavy (non-hydrogen) atoms. The van der Waals surface area contributed by atoms with Gasteiger partial charge in [-0.25, -0.2) is 12.4 Å². The average molecular weight is 489 g/mol. The van der Waals surface area contributed by atoms with Crippen molar-refractivity contribution in [2.24, 2.45) is 0 Å². The Labute approximate surface area is 205 Å². The lowest BCUT2D eigenvalue weighted by Gasteiger charge is -2.35. The summed E-state index contributed by atoms with van der Waals surface area (Å²) in [6.07, 6.45) is 0.736. The number of piperidine rings is 1. The monoisotopic (exact) mass is 488 g/mol. The smallest absolute Gasteiger partial charge is 0.268 e. The van der Waals surface area contributed by atoms with E-state index < -0.39 is 10.0 Å². The minimum Gasteiger partial charge on any atom is -0.375 e. The maximum atomic E-state index is 13.8. The number of aromatic nitrogens is 1. The van der Waals surface area contributed by atoms with Crippen LogP contribution in [0.1, 0.15) is 30.1 Å². The van der Waals surface area contributed by atoms with Crippen LogP contribution in [0.3, 0.4) is 0 Å². The number of hydrogen-bond acceptors (Lipinski definition) is 5. The summed E-state index contributed by atoms with van der Waals surface area (Å²) in [5, 5.41) is 0.834. The zero-order chi connectivity index (χ0) is 24.3. The number of carbonyl (C=O) groups is 1. The molecular formula is C28H28N2O4S. The molecule has 0 aliphatic carbocycles. The van der Waals surface area contributed by atoms with Crippen molar-refractivity contribution in [1.29, 1.82) is 0 Å². The van der Waals surface area contributed by atoms with E-state index in [0.717, 1.165) is 10.9 Å². The summed E-state index contributed by atoms with van der Waals surface area (Å²) in [5.41, 5.74) is 2.34. The van der Waals surface area contributed by atoms with Crippen LogP contribution in [0.25, 0.3) is 10.9 Å². The highest BCUT2D eigenvalue weighted by Crippen LogP contribution is 2.35. The van der Waals surface area contributed by atoms with Gasteiger partial charge in [0.05, 0.1) is 35.4 Å². The van der Waals surface area contributed by atoms with Crippen LogP contribution in [-0.2, 0) is 26.2 Å². The molecule has 6 nitrogen and oxygen atoms in total. The highest BCUT2D eigenvalue weighted by Gasteiger charge is 2.34. The second-order valence-electron chi connectivity index (χ2n) is 8.79. The van der Waals surface area contributed by atoms with E-state index >= 15 is 0 Å². The molecule has 0 bridgehead atoms. The summed E-state index contributed by atoms with van der Waals surface area (Å²) in [6.45, 7) is 2.19. The van der Waals surface area contributed by atoms with Gasteiger partial charge in [0, 0.05) is 31.3 Å². The highest BCUT2D eigenvalue weighted by molar-refractivity contribution is 7.90. The predicted molar refractivity (Wildman–Crippen MR) is 136 cm³/mol. The summed E-state index contributed by atoms with van der Waals surface area (Å²) >= 11 is 0. The van der Waals surface area contributed by atoms with Crippen molar-refractivity contribution in [3.63, 3.8) is 0 Å². The van der Waals surface area contributed by atoms with E-state index in [1.807, 2.05) is 60.7 Å². The fourth-order valence-electron chi connectivity index (χ4n) is 4.73. The van der Waals surface area contributed by atoms with Gasteiger partial charge < -0.3 is 4.74 Å².